The van der Waals surface area contributed by atoms with Crippen molar-refractivity contribution in [2.75, 3.05) is 20.6 Å². The van der Waals surface area contributed by atoms with E-state index in [2.05, 4.69) is 54.7 Å². The molecule has 0 aliphatic carbocycles. The van der Waals surface area contributed by atoms with Gasteiger partial charge in [0.2, 0.25) is 0 Å². The molecule has 15 heavy (non-hydrogen) atoms. The lowest BCUT2D eigenvalue weighted by atomic mass is 10.1. The summed E-state index contributed by atoms with van der Waals surface area (Å²) in [6.45, 7) is 0.960. The molecule has 1 saturated heterocycles. The van der Waals surface area contributed by atoms with E-state index in [0.29, 0.717) is 6.04 Å². The summed E-state index contributed by atoms with van der Waals surface area (Å²) in [4.78, 5) is 2.24. The topological polar surface area (TPSA) is 17.3 Å². The minimum Gasteiger partial charge on any atom is -0.301 e. The van der Waals surface area contributed by atoms with E-state index in [0.717, 1.165) is 13.0 Å². The lowest BCUT2D eigenvalue weighted by molar-refractivity contribution is 0.338. The van der Waals surface area contributed by atoms with Crippen molar-refractivity contribution in [2.24, 2.45) is 0 Å². The first-order valence-corrected chi connectivity index (χ1v) is 5.38. The molecule has 0 bridgehead atoms. The van der Waals surface area contributed by atoms with Crippen molar-refractivity contribution >= 4 is 6.08 Å². The quantitative estimate of drug-likeness (QED) is 0.715. The maximum absolute atomic E-state index is 4.55. The Morgan fingerprint density at radius 3 is 2.67 bits per heavy atom. The van der Waals surface area contributed by atoms with E-state index < -0.39 is 0 Å². The van der Waals surface area contributed by atoms with Crippen molar-refractivity contribution in [1.82, 2.24) is 10.2 Å². The molecule has 1 aliphatic heterocycles. The first-order valence-electron chi connectivity index (χ1n) is 5.38. The molecule has 1 atom stereocenters. The largest absolute Gasteiger partial charge is 0.301 e. The van der Waals surface area contributed by atoms with Gasteiger partial charge in [-0.05, 0) is 32.2 Å². The molecule has 2 nitrogen and oxygen atoms in total. The van der Waals surface area contributed by atoms with Crippen LogP contribution in [0.15, 0.2) is 36.0 Å². The van der Waals surface area contributed by atoms with Crippen molar-refractivity contribution in [1.29, 1.82) is 0 Å². The Morgan fingerprint density at radius 2 is 2.00 bits per heavy atom. The fourth-order valence-electron chi connectivity index (χ4n) is 1.95. The molecule has 0 saturated carbocycles. The SMILES string of the molecule is CN(C)C1CC[N]C1=Cc1ccccc1. The third kappa shape index (κ3) is 2.39. The zero-order valence-electron chi connectivity index (χ0n) is 9.35. The van der Waals surface area contributed by atoms with Crippen LogP contribution in [-0.4, -0.2) is 31.6 Å². The monoisotopic (exact) mass is 201 g/mol. The predicted molar refractivity (Wildman–Crippen MR) is 63.5 cm³/mol. The molecule has 1 heterocycles. The standard InChI is InChI=1S/C13H17N2/c1-15(2)13-8-9-14-12(13)10-11-6-4-3-5-7-11/h3-7,10,13H,8-9H2,1-2H3. The normalized spacial score (nSPS) is 23.4. The molecular formula is C13H17N2. The highest BCUT2D eigenvalue weighted by Gasteiger charge is 2.23. The first-order chi connectivity index (χ1) is 7.27. The highest BCUT2D eigenvalue weighted by Crippen LogP contribution is 2.19. The summed E-state index contributed by atoms with van der Waals surface area (Å²) in [5.74, 6) is 0. The van der Waals surface area contributed by atoms with Crippen molar-refractivity contribution in [3.05, 3.63) is 41.6 Å². The molecule has 0 spiro atoms. The molecule has 2 heteroatoms. The fourth-order valence-corrected chi connectivity index (χ4v) is 1.95. The highest BCUT2D eigenvalue weighted by atomic mass is 15.2. The number of nitrogens with zero attached hydrogens (tertiary/aromatic N) is 2. The van der Waals surface area contributed by atoms with Crippen LogP contribution in [0, 0.1) is 0 Å². The van der Waals surface area contributed by atoms with Gasteiger partial charge in [0.25, 0.3) is 0 Å². The van der Waals surface area contributed by atoms with Crippen molar-refractivity contribution in [3.8, 4) is 0 Å². The van der Waals surface area contributed by atoms with Crippen LogP contribution in [0.5, 0.6) is 0 Å². The number of rotatable bonds is 2. The van der Waals surface area contributed by atoms with E-state index in [1.807, 2.05) is 6.07 Å². The van der Waals surface area contributed by atoms with Gasteiger partial charge in [-0.3, -0.25) is 5.32 Å². The summed E-state index contributed by atoms with van der Waals surface area (Å²) < 4.78 is 0. The fraction of sp³-hybridized carbons (Fsp3) is 0.385. The van der Waals surface area contributed by atoms with E-state index in [1.54, 1.807) is 0 Å². The van der Waals surface area contributed by atoms with Gasteiger partial charge >= 0.3 is 0 Å². The molecule has 1 aromatic carbocycles. The third-order valence-electron chi connectivity index (χ3n) is 2.78. The minimum absolute atomic E-state index is 0.491. The van der Waals surface area contributed by atoms with Crippen LogP contribution in [0.1, 0.15) is 12.0 Å². The molecule has 0 N–H and O–H groups in total. The maximum atomic E-state index is 4.55. The van der Waals surface area contributed by atoms with Gasteiger partial charge in [0.15, 0.2) is 0 Å². The Kier molecular flexibility index (Phi) is 3.07. The smallest absolute Gasteiger partial charge is 0.0528 e. The maximum Gasteiger partial charge on any atom is 0.0528 e. The molecule has 1 aliphatic rings. The second-order valence-corrected chi connectivity index (χ2v) is 4.13. The Morgan fingerprint density at radius 1 is 1.27 bits per heavy atom. The van der Waals surface area contributed by atoms with E-state index in [-0.39, 0.29) is 0 Å². The second-order valence-electron chi connectivity index (χ2n) is 4.13. The van der Waals surface area contributed by atoms with Gasteiger partial charge in [-0.1, -0.05) is 30.3 Å². The molecule has 2 rings (SSSR count). The van der Waals surface area contributed by atoms with Crippen molar-refractivity contribution in [2.45, 2.75) is 12.5 Å². The summed E-state index contributed by atoms with van der Waals surface area (Å²) in [7, 11) is 4.23. The molecule has 1 fully saturated rings. The van der Waals surface area contributed by atoms with E-state index in [9.17, 15) is 0 Å². The van der Waals surface area contributed by atoms with Gasteiger partial charge in [-0.25, -0.2) is 0 Å². The lowest BCUT2D eigenvalue weighted by Gasteiger charge is -2.18. The van der Waals surface area contributed by atoms with Crippen LogP contribution in [0.4, 0.5) is 0 Å². The van der Waals surface area contributed by atoms with Crippen LogP contribution in [0.25, 0.3) is 6.08 Å². The van der Waals surface area contributed by atoms with Gasteiger partial charge in [-0.15, -0.1) is 0 Å². The molecule has 79 valence electrons. The average molecular weight is 201 g/mol. The lowest BCUT2D eigenvalue weighted by Crippen LogP contribution is -2.27. The van der Waals surface area contributed by atoms with Crippen LogP contribution >= 0.6 is 0 Å². The second kappa shape index (κ2) is 4.49. The molecular weight excluding hydrogens is 184 g/mol. The van der Waals surface area contributed by atoms with E-state index in [4.69, 9.17) is 0 Å². The zero-order valence-corrected chi connectivity index (χ0v) is 9.35. The predicted octanol–water partition coefficient (Wildman–Crippen LogP) is 1.97. The van der Waals surface area contributed by atoms with Crippen LogP contribution < -0.4 is 5.32 Å². The van der Waals surface area contributed by atoms with Crippen LogP contribution in [-0.2, 0) is 0 Å². The Hall–Kier alpha value is -1.28. The van der Waals surface area contributed by atoms with Gasteiger partial charge in [0.05, 0.1) is 11.7 Å². The summed E-state index contributed by atoms with van der Waals surface area (Å²) >= 11 is 0. The van der Waals surface area contributed by atoms with E-state index in [1.165, 1.54) is 11.3 Å². The summed E-state index contributed by atoms with van der Waals surface area (Å²) in [5, 5.41) is 4.55. The van der Waals surface area contributed by atoms with Gasteiger partial charge in [0, 0.05) is 6.54 Å². The molecule has 1 aromatic rings. The molecule has 0 aromatic heterocycles. The summed E-state index contributed by atoms with van der Waals surface area (Å²) in [6, 6.07) is 10.9. The number of benzene rings is 1. The van der Waals surface area contributed by atoms with Crippen molar-refractivity contribution < 1.29 is 0 Å². The minimum atomic E-state index is 0.491. The zero-order chi connectivity index (χ0) is 10.7. The summed E-state index contributed by atoms with van der Waals surface area (Å²) in [6.07, 6.45) is 3.34. The highest BCUT2D eigenvalue weighted by molar-refractivity contribution is 5.54. The van der Waals surface area contributed by atoms with Gasteiger partial charge in [0.1, 0.15) is 0 Å². The van der Waals surface area contributed by atoms with Gasteiger partial charge < -0.3 is 4.90 Å². The Balaban J connectivity index is 2.19. The third-order valence-corrected chi connectivity index (χ3v) is 2.78. The van der Waals surface area contributed by atoms with Crippen LogP contribution in [0.3, 0.4) is 0 Å². The van der Waals surface area contributed by atoms with Crippen LogP contribution in [0.2, 0.25) is 0 Å². The number of likely N-dealkylation sites (N-methyl/N-ethyl adjacent to an activating group) is 1. The summed E-state index contributed by atoms with van der Waals surface area (Å²) in [5.41, 5.74) is 2.45. The Bertz CT molecular complexity index is 341. The Labute approximate surface area is 91.6 Å². The van der Waals surface area contributed by atoms with E-state index >= 15 is 0 Å². The number of hydrogen-bond acceptors (Lipinski definition) is 1. The molecule has 0 amide bonds. The molecule has 1 radical (unpaired) electrons. The number of hydrogen-bond donors (Lipinski definition) is 0. The molecule has 1 unspecified atom stereocenters. The first kappa shape index (κ1) is 10.2. The van der Waals surface area contributed by atoms with Gasteiger partial charge in [-0.2, -0.15) is 0 Å². The average Bonchev–Trinajstić information content (AvgIpc) is 2.67. The van der Waals surface area contributed by atoms with Crippen molar-refractivity contribution in [3.63, 3.8) is 0 Å².